The third kappa shape index (κ3) is 3.67. The number of nitrogens with zero attached hydrogens (tertiary/aromatic N) is 4. The highest BCUT2D eigenvalue weighted by molar-refractivity contribution is 5.94. The minimum Gasteiger partial charge on any atom is -0.481 e. The smallest absolute Gasteiger partial charge is 0.254 e. The third-order valence-corrected chi connectivity index (χ3v) is 4.07. The lowest BCUT2D eigenvalue weighted by Gasteiger charge is -2.35. The van der Waals surface area contributed by atoms with Gasteiger partial charge in [-0.2, -0.15) is 4.98 Å². The molecule has 1 fully saturated rings. The summed E-state index contributed by atoms with van der Waals surface area (Å²) < 4.78 is 31.5. The van der Waals surface area contributed by atoms with E-state index in [2.05, 4.69) is 9.97 Å². The molecule has 8 heteroatoms. The maximum atomic E-state index is 13.3. The summed E-state index contributed by atoms with van der Waals surface area (Å²) in [5.74, 6) is -0.459. The molecule has 1 aliphatic heterocycles. The molecule has 3 rings (SSSR count). The van der Waals surface area contributed by atoms with E-state index in [1.807, 2.05) is 4.90 Å². The van der Waals surface area contributed by atoms with Crippen LogP contribution in [-0.2, 0) is 0 Å². The Morgan fingerprint density at radius 2 is 1.80 bits per heavy atom. The highest BCUT2D eigenvalue weighted by Crippen LogP contribution is 2.20. The average molecular weight is 348 g/mol. The van der Waals surface area contributed by atoms with Gasteiger partial charge >= 0.3 is 0 Å². The highest BCUT2D eigenvalue weighted by Gasteiger charge is 2.24. The van der Waals surface area contributed by atoms with E-state index in [4.69, 9.17) is 4.74 Å². The van der Waals surface area contributed by atoms with Crippen LogP contribution in [0.4, 0.5) is 14.6 Å². The fourth-order valence-corrected chi connectivity index (χ4v) is 2.74. The predicted molar refractivity (Wildman–Crippen MR) is 87.8 cm³/mol. The lowest BCUT2D eigenvalue weighted by molar-refractivity contribution is 0.0746. The van der Waals surface area contributed by atoms with Crippen LogP contribution in [0.2, 0.25) is 0 Å². The number of ether oxygens (including phenoxy) is 1. The van der Waals surface area contributed by atoms with Crippen LogP contribution in [0, 0.1) is 18.6 Å². The zero-order valence-corrected chi connectivity index (χ0v) is 14.0. The number of benzene rings is 1. The van der Waals surface area contributed by atoms with E-state index in [1.54, 1.807) is 25.0 Å². The number of carbonyl (C=O) groups is 1. The van der Waals surface area contributed by atoms with Gasteiger partial charge in [0.25, 0.3) is 5.91 Å². The Morgan fingerprint density at radius 3 is 2.44 bits per heavy atom. The number of hydrogen-bond acceptors (Lipinski definition) is 5. The molecule has 6 nitrogen and oxygen atoms in total. The molecule has 25 heavy (non-hydrogen) atoms. The molecule has 1 amide bonds. The van der Waals surface area contributed by atoms with Gasteiger partial charge in [-0.25, -0.2) is 13.8 Å². The molecule has 1 aromatic heterocycles. The van der Waals surface area contributed by atoms with Gasteiger partial charge in [0.2, 0.25) is 5.88 Å². The summed E-state index contributed by atoms with van der Waals surface area (Å²) in [4.78, 5) is 24.6. The van der Waals surface area contributed by atoms with Crippen LogP contribution in [-0.4, -0.2) is 54.1 Å². The number of amides is 1. The lowest BCUT2D eigenvalue weighted by Crippen LogP contribution is -2.49. The molecular weight excluding hydrogens is 330 g/mol. The van der Waals surface area contributed by atoms with Gasteiger partial charge in [-0.15, -0.1) is 0 Å². The first-order valence-electron chi connectivity index (χ1n) is 7.87. The normalized spacial score (nSPS) is 14.6. The van der Waals surface area contributed by atoms with E-state index in [9.17, 15) is 13.6 Å². The number of piperazine rings is 1. The third-order valence-electron chi connectivity index (χ3n) is 4.07. The number of carbonyl (C=O) groups excluding carboxylic acids is 1. The van der Waals surface area contributed by atoms with E-state index >= 15 is 0 Å². The van der Waals surface area contributed by atoms with Crippen molar-refractivity contribution in [3.8, 4) is 5.88 Å². The molecule has 1 aliphatic rings. The van der Waals surface area contributed by atoms with Gasteiger partial charge in [-0.05, 0) is 25.1 Å². The van der Waals surface area contributed by atoms with Gasteiger partial charge in [0.1, 0.15) is 11.6 Å². The quantitative estimate of drug-likeness (QED) is 0.850. The summed E-state index contributed by atoms with van der Waals surface area (Å²) >= 11 is 0. The van der Waals surface area contributed by atoms with Gasteiger partial charge in [0, 0.05) is 37.8 Å². The fourth-order valence-electron chi connectivity index (χ4n) is 2.74. The van der Waals surface area contributed by atoms with Crippen LogP contribution in [0.25, 0.3) is 0 Å². The van der Waals surface area contributed by atoms with Gasteiger partial charge in [-0.1, -0.05) is 0 Å². The van der Waals surface area contributed by atoms with Crippen molar-refractivity contribution in [2.75, 3.05) is 38.2 Å². The predicted octanol–water partition coefficient (Wildman–Crippen LogP) is 2.03. The first-order chi connectivity index (χ1) is 12.0. The van der Waals surface area contributed by atoms with Crippen LogP contribution in [0.3, 0.4) is 0 Å². The van der Waals surface area contributed by atoms with Gasteiger partial charge in [0.05, 0.1) is 7.11 Å². The molecular formula is C17H18F2N4O2. The fraction of sp³-hybridized carbons (Fsp3) is 0.353. The van der Waals surface area contributed by atoms with Crippen molar-refractivity contribution in [2.45, 2.75) is 6.92 Å². The summed E-state index contributed by atoms with van der Waals surface area (Å²) in [6.07, 6.45) is 0. The minimum atomic E-state index is -1.02. The Balaban J connectivity index is 1.68. The zero-order valence-electron chi connectivity index (χ0n) is 14.0. The summed E-state index contributed by atoms with van der Waals surface area (Å²) in [6, 6.07) is 4.95. The number of rotatable bonds is 3. The van der Waals surface area contributed by atoms with Gasteiger partial charge in [-0.3, -0.25) is 4.79 Å². The largest absolute Gasteiger partial charge is 0.481 e. The van der Waals surface area contributed by atoms with Crippen LogP contribution >= 0.6 is 0 Å². The van der Waals surface area contributed by atoms with E-state index in [-0.39, 0.29) is 11.5 Å². The average Bonchev–Trinajstić information content (AvgIpc) is 2.63. The molecule has 0 atom stereocenters. The molecule has 0 aliphatic carbocycles. The number of anilines is 1. The monoisotopic (exact) mass is 348 g/mol. The maximum Gasteiger partial charge on any atom is 0.254 e. The second-order valence-corrected chi connectivity index (χ2v) is 5.72. The molecule has 0 N–H and O–H groups in total. The van der Waals surface area contributed by atoms with E-state index in [0.29, 0.717) is 37.9 Å². The standard InChI is InChI=1S/C17H18F2N4O2/c1-11-20-15(10-16(21-11)25-2)22-5-7-23(8-6-22)17(24)12-3-4-13(18)14(19)9-12/h3-4,9-10H,5-8H2,1-2H3. The number of halogens is 2. The Bertz CT molecular complexity index is 792. The van der Waals surface area contributed by atoms with E-state index < -0.39 is 11.6 Å². The summed E-state index contributed by atoms with van der Waals surface area (Å²) in [7, 11) is 1.55. The topological polar surface area (TPSA) is 58.6 Å². The van der Waals surface area contributed by atoms with Crippen molar-refractivity contribution in [2.24, 2.45) is 0 Å². The SMILES string of the molecule is COc1cc(N2CCN(C(=O)c3ccc(F)c(F)c3)CC2)nc(C)n1. The van der Waals surface area contributed by atoms with Crippen LogP contribution in [0.5, 0.6) is 5.88 Å². The van der Waals surface area contributed by atoms with Crippen molar-refractivity contribution in [1.29, 1.82) is 0 Å². The lowest BCUT2D eigenvalue weighted by atomic mass is 10.1. The molecule has 1 saturated heterocycles. The van der Waals surface area contributed by atoms with Gasteiger partial charge < -0.3 is 14.5 Å². The minimum absolute atomic E-state index is 0.145. The van der Waals surface area contributed by atoms with E-state index in [1.165, 1.54) is 6.07 Å². The summed E-state index contributed by atoms with van der Waals surface area (Å²) in [5.41, 5.74) is 0.145. The number of aryl methyl sites for hydroxylation is 1. The number of aromatic nitrogens is 2. The Labute approximate surface area is 144 Å². The zero-order chi connectivity index (χ0) is 18.0. The summed E-state index contributed by atoms with van der Waals surface area (Å²) in [6.45, 7) is 3.87. The highest BCUT2D eigenvalue weighted by atomic mass is 19.2. The van der Waals surface area contributed by atoms with Gasteiger partial charge in [0.15, 0.2) is 11.6 Å². The van der Waals surface area contributed by atoms with Crippen molar-refractivity contribution in [1.82, 2.24) is 14.9 Å². The number of methoxy groups -OCH3 is 1. The molecule has 0 saturated carbocycles. The van der Waals surface area contributed by atoms with Crippen LogP contribution in [0.1, 0.15) is 16.2 Å². The first-order valence-corrected chi connectivity index (χ1v) is 7.87. The molecule has 0 radical (unpaired) electrons. The molecule has 0 spiro atoms. The Morgan fingerprint density at radius 1 is 1.08 bits per heavy atom. The number of hydrogen-bond donors (Lipinski definition) is 0. The molecule has 132 valence electrons. The van der Waals surface area contributed by atoms with E-state index in [0.717, 1.165) is 18.0 Å². The van der Waals surface area contributed by atoms with Crippen molar-refractivity contribution in [3.05, 3.63) is 47.3 Å². The molecule has 0 bridgehead atoms. The van der Waals surface area contributed by atoms with Crippen LogP contribution < -0.4 is 9.64 Å². The van der Waals surface area contributed by atoms with Crippen LogP contribution in [0.15, 0.2) is 24.3 Å². The second kappa shape index (κ2) is 7.00. The molecule has 1 aromatic carbocycles. The maximum absolute atomic E-state index is 13.3. The second-order valence-electron chi connectivity index (χ2n) is 5.72. The first kappa shape index (κ1) is 17.1. The van der Waals surface area contributed by atoms with Crippen molar-refractivity contribution < 1.29 is 18.3 Å². The Hall–Kier alpha value is -2.77. The molecule has 2 heterocycles. The van der Waals surface area contributed by atoms with Crippen molar-refractivity contribution >= 4 is 11.7 Å². The molecule has 2 aromatic rings. The Kier molecular flexibility index (Phi) is 4.78. The molecule has 0 unspecified atom stereocenters. The summed E-state index contributed by atoms with van der Waals surface area (Å²) in [5, 5.41) is 0. The van der Waals surface area contributed by atoms with Crippen molar-refractivity contribution in [3.63, 3.8) is 0 Å².